The van der Waals surface area contributed by atoms with Crippen LogP contribution in [-0.2, 0) is 0 Å². The van der Waals surface area contributed by atoms with Gasteiger partial charge in [0.1, 0.15) is 0 Å². The lowest BCUT2D eigenvalue weighted by atomic mass is 9.99. The van der Waals surface area contributed by atoms with Gasteiger partial charge in [-0.1, -0.05) is 36.4 Å². The first-order valence-electron chi connectivity index (χ1n) is 4.51. The first-order chi connectivity index (χ1) is 6.63. The second-order valence-corrected chi connectivity index (χ2v) is 3.84. The summed E-state index contributed by atoms with van der Waals surface area (Å²) in [4.78, 5) is 2.02. The zero-order chi connectivity index (χ0) is 10.3. The van der Waals surface area contributed by atoms with Crippen molar-refractivity contribution in [2.75, 3.05) is 11.9 Å². The minimum atomic E-state index is 0.756. The van der Waals surface area contributed by atoms with Crippen LogP contribution in [0.25, 0.3) is 5.57 Å². The van der Waals surface area contributed by atoms with Crippen molar-refractivity contribution in [2.24, 2.45) is 0 Å². The fourth-order valence-electron chi connectivity index (χ4n) is 1.71. The van der Waals surface area contributed by atoms with Crippen LogP contribution in [0.4, 0.5) is 5.69 Å². The third kappa shape index (κ3) is 1.17. The Morgan fingerprint density at radius 2 is 1.93 bits per heavy atom. The number of fused-ring (bicyclic) bond motifs is 1. The molecule has 72 valence electrons. The SMILES string of the molecule is C=C1C(Cl)=C(C)c2ccccc2N1C. The minimum Gasteiger partial charge on any atom is -0.343 e. The zero-order valence-corrected chi connectivity index (χ0v) is 9.10. The van der Waals surface area contributed by atoms with Gasteiger partial charge in [-0.05, 0) is 18.6 Å². The number of likely N-dealkylation sites (N-methyl/N-ethyl adjacent to an activating group) is 1. The Bertz CT molecular complexity index is 432. The Morgan fingerprint density at radius 1 is 1.29 bits per heavy atom. The highest BCUT2D eigenvalue weighted by Gasteiger charge is 2.20. The third-order valence-corrected chi connectivity index (χ3v) is 3.16. The Kier molecular flexibility index (Phi) is 2.12. The molecule has 0 radical (unpaired) electrons. The van der Waals surface area contributed by atoms with Crippen LogP contribution in [0.3, 0.4) is 0 Å². The number of para-hydroxylation sites is 1. The standard InChI is InChI=1S/C12H12ClN/c1-8-10-6-4-5-7-11(10)14(3)9(2)12(8)13/h4-7H,2H2,1,3H3. The number of hydrogen-bond acceptors (Lipinski definition) is 1. The lowest BCUT2D eigenvalue weighted by Crippen LogP contribution is -2.20. The van der Waals surface area contributed by atoms with Crippen LogP contribution in [0.15, 0.2) is 41.6 Å². The van der Waals surface area contributed by atoms with Crippen molar-refractivity contribution in [3.8, 4) is 0 Å². The first-order valence-corrected chi connectivity index (χ1v) is 4.89. The molecule has 0 N–H and O–H groups in total. The van der Waals surface area contributed by atoms with E-state index in [1.54, 1.807) is 0 Å². The summed E-state index contributed by atoms with van der Waals surface area (Å²) in [5.41, 5.74) is 4.32. The molecular formula is C12H12ClN. The van der Waals surface area contributed by atoms with E-state index in [-0.39, 0.29) is 0 Å². The average molecular weight is 206 g/mol. The smallest absolute Gasteiger partial charge is 0.0672 e. The van der Waals surface area contributed by atoms with Gasteiger partial charge in [0.2, 0.25) is 0 Å². The molecule has 0 saturated heterocycles. The van der Waals surface area contributed by atoms with Crippen molar-refractivity contribution in [2.45, 2.75) is 6.92 Å². The highest BCUT2D eigenvalue weighted by molar-refractivity contribution is 6.36. The minimum absolute atomic E-state index is 0.756. The lowest BCUT2D eigenvalue weighted by Gasteiger charge is -2.30. The molecule has 1 aliphatic heterocycles. The van der Waals surface area contributed by atoms with E-state index in [0.717, 1.165) is 16.3 Å². The van der Waals surface area contributed by atoms with Crippen molar-refractivity contribution < 1.29 is 0 Å². The van der Waals surface area contributed by atoms with Crippen molar-refractivity contribution in [3.05, 3.63) is 47.1 Å². The second-order valence-electron chi connectivity index (χ2n) is 3.46. The van der Waals surface area contributed by atoms with Crippen LogP contribution in [-0.4, -0.2) is 7.05 Å². The zero-order valence-electron chi connectivity index (χ0n) is 8.34. The van der Waals surface area contributed by atoms with E-state index >= 15 is 0 Å². The summed E-state index contributed by atoms with van der Waals surface area (Å²) in [6.07, 6.45) is 0. The summed E-state index contributed by atoms with van der Waals surface area (Å²) in [6, 6.07) is 8.20. The van der Waals surface area contributed by atoms with E-state index in [4.69, 9.17) is 11.6 Å². The monoisotopic (exact) mass is 205 g/mol. The van der Waals surface area contributed by atoms with Crippen LogP contribution >= 0.6 is 11.6 Å². The van der Waals surface area contributed by atoms with Crippen molar-refractivity contribution in [1.29, 1.82) is 0 Å². The van der Waals surface area contributed by atoms with Gasteiger partial charge in [-0.25, -0.2) is 0 Å². The molecule has 1 nitrogen and oxygen atoms in total. The molecule has 1 heterocycles. The molecule has 0 bridgehead atoms. The normalized spacial score (nSPS) is 15.9. The summed E-state index contributed by atoms with van der Waals surface area (Å²) in [7, 11) is 1.98. The fraction of sp³-hybridized carbons (Fsp3) is 0.167. The summed E-state index contributed by atoms with van der Waals surface area (Å²) in [6.45, 7) is 5.99. The van der Waals surface area contributed by atoms with Gasteiger partial charge in [0, 0.05) is 18.3 Å². The largest absolute Gasteiger partial charge is 0.343 e. The van der Waals surface area contributed by atoms with Gasteiger partial charge in [0.15, 0.2) is 0 Å². The van der Waals surface area contributed by atoms with E-state index in [0.29, 0.717) is 0 Å². The molecule has 1 aromatic rings. The number of anilines is 1. The molecule has 0 saturated carbocycles. The third-order valence-electron chi connectivity index (χ3n) is 2.66. The fourth-order valence-corrected chi connectivity index (χ4v) is 1.94. The molecule has 0 aliphatic carbocycles. The number of allylic oxidation sites excluding steroid dienone is 2. The van der Waals surface area contributed by atoms with E-state index in [1.165, 1.54) is 11.3 Å². The maximum atomic E-state index is 6.18. The molecule has 0 atom stereocenters. The number of rotatable bonds is 0. The first kappa shape index (κ1) is 9.35. The Balaban J connectivity index is 2.71. The molecule has 14 heavy (non-hydrogen) atoms. The van der Waals surface area contributed by atoms with Gasteiger partial charge in [0.25, 0.3) is 0 Å². The second kappa shape index (κ2) is 3.18. The van der Waals surface area contributed by atoms with E-state index in [1.807, 2.05) is 31.0 Å². The highest BCUT2D eigenvalue weighted by Crippen LogP contribution is 2.39. The Labute approximate surface area is 89.3 Å². The predicted molar refractivity (Wildman–Crippen MR) is 62.4 cm³/mol. The summed E-state index contributed by atoms with van der Waals surface area (Å²) in [5, 5.41) is 0.756. The molecular weight excluding hydrogens is 194 g/mol. The van der Waals surface area contributed by atoms with Crippen LogP contribution in [0.5, 0.6) is 0 Å². The summed E-state index contributed by atoms with van der Waals surface area (Å²) < 4.78 is 0. The highest BCUT2D eigenvalue weighted by atomic mass is 35.5. The Hall–Kier alpha value is -1.21. The number of halogens is 1. The number of benzene rings is 1. The molecule has 2 heteroatoms. The van der Waals surface area contributed by atoms with Gasteiger partial charge in [-0.3, -0.25) is 0 Å². The van der Waals surface area contributed by atoms with Gasteiger partial charge in [0.05, 0.1) is 10.7 Å². The summed E-state index contributed by atoms with van der Waals surface area (Å²) in [5.74, 6) is 0. The van der Waals surface area contributed by atoms with Crippen molar-refractivity contribution in [3.63, 3.8) is 0 Å². The summed E-state index contributed by atoms with van der Waals surface area (Å²) >= 11 is 6.18. The maximum absolute atomic E-state index is 6.18. The van der Waals surface area contributed by atoms with Gasteiger partial charge in [-0.15, -0.1) is 0 Å². The van der Waals surface area contributed by atoms with E-state index in [9.17, 15) is 0 Å². The lowest BCUT2D eigenvalue weighted by molar-refractivity contribution is 1.11. The number of hydrogen-bond donors (Lipinski definition) is 0. The predicted octanol–water partition coefficient (Wildman–Crippen LogP) is 3.62. The van der Waals surface area contributed by atoms with Crippen molar-refractivity contribution >= 4 is 22.9 Å². The molecule has 0 amide bonds. The van der Waals surface area contributed by atoms with Crippen LogP contribution in [0, 0.1) is 0 Å². The number of nitrogens with zero attached hydrogens (tertiary/aromatic N) is 1. The van der Waals surface area contributed by atoms with E-state index in [2.05, 4.69) is 18.7 Å². The molecule has 0 aromatic heterocycles. The Morgan fingerprint density at radius 3 is 2.64 bits per heavy atom. The van der Waals surface area contributed by atoms with E-state index < -0.39 is 0 Å². The molecule has 1 aliphatic rings. The topological polar surface area (TPSA) is 3.24 Å². The maximum Gasteiger partial charge on any atom is 0.0672 e. The van der Waals surface area contributed by atoms with Gasteiger partial charge < -0.3 is 4.90 Å². The van der Waals surface area contributed by atoms with Crippen LogP contribution in [0.2, 0.25) is 0 Å². The molecule has 0 unspecified atom stereocenters. The quantitative estimate of drug-likeness (QED) is 0.626. The van der Waals surface area contributed by atoms with Gasteiger partial charge in [-0.2, -0.15) is 0 Å². The molecule has 0 spiro atoms. The van der Waals surface area contributed by atoms with Crippen molar-refractivity contribution in [1.82, 2.24) is 0 Å². The van der Waals surface area contributed by atoms with Crippen LogP contribution < -0.4 is 4.90 Å². The molecule has 2 rings (SSSR count). The van der Waals surface area contributed by atoms with Crippen LogP contribution in [0.1, 0.15) is 12.5 Å². The molecule has 1 aromatic carbocycles. The molecule has 0 fully saturated rings. The van der Waals surface area contributed by atoms with Gasteiger partial charge >= 0.3 is 0 Å². The average Bonchev–Trinajstić information content (AvgIpc) is 2.23.